The number of halogens is 2. The van der Waals surface area contributed by atoms with E-state index in [2.05, 4.69) is 12.2 Å². The van der Waals surface area contributed by atoms with Crippen molar-refractivity contribution in [1.29, 1.82) is 0 Å². The number of hydrogen-bond donors (Lipinski definition) is 1. The molecule has 1 aromatic carbocycles. The first kappa shape index (κ1) is 18.6. The molecular weight excluding hydrogens is 333 g/mol. The summed E-state index contributed by atoms with van der Waals surface area (Å²) in [5, 5.41) is 4.26. The summed E-state index contributed by atoms with van der Waals surface area (Å²) in [6.07, 6.45) is 2.67. The second-order valence-corrected chi connectivity index (χ2v) is 7.99. The van der Waals surface area contributed by atoms with Crippen LogP contribution < -0.4 is 10.1 Å². The van der Waals surface area contributed by atoms with Crippen molar-refractivity contribution < 1.29 is 13.2 Å². The van der Waals surface area contributed by atoms with Gasteiger partial charge in [0.25, 0.3) is 0 Å². The highest BCUT2D eigenvalue weighted by Crippen LogP contribution is 2.32. The van der Waals surface area contributed by atoms with E-state index in [1.54, 1.807) is 6.07 Å². The van der Waals surface area contributed by atoms with Crippen LogP contribution in [0, 0.1) is 0 Å². The molecule has 0 heterocycles. The molecule has 0 saturated heterocycles. The van der Waals surface area contributed by atoms with Gasteiger partial charge in [0.1, 0.15) is 15.6 Å². The summed E-state index contributed by atoms with van der Waals surface area (Å²) in [4.78, 5) is 0. The van der Waals surface area contributed by atoms with Crippen molar-refractivity contribution in [2.45, 2.75) is 26.3 Å². The second kappa shape index (κ2) is 8.83. The molecule has 0 radical (unpaired) electrons. The minimum Gasteiger partial charge on any atom is -0.492 e. The van der Waals surface area contributed by atoms with Crippen LogP contribution in [0.4, 0.5) is 0 Å². The number of ether oxygens (including phenoxy) is 1. The second-order valence-electron chi connectivity index (χ2n) is 4.88. The first-order valence-electron chi connectivity index (χ1n) is 6.82. The molecule has 0 atom stereocenters. The molecule has 0 aromatic heterocycles. The van der Waals surface area contributed by atoms with Gasteiger partial charge in [0.05, 0.1) is 17.4 Å². The molecule has 0 spiro atoms. The third-order valence-electron chi connectivity index (χ3n) is 2.73. The zero-order valence-corrected chi connectivity index (χ0v) is 14.6. The summed E-state index contributed by atoms with van der Waals surface area (Å²) in [6, 6.07) is 3.43. The molecule has 0 amide bonds. The largest absolute Gasteiger partial charge is 0.492 e. The molecule has 1 aromatic rings. The minimum absolute atomic E-state index is 0.0988. The smallest absolute Gasteiger partial charge is 0.147 e. The lowest BCUT2D eigenvalue weighted by atomic mass is 10.2. The van der Waals surface area contributed by atoms with Crippen LogP contribution in [0.2, 0.25) is 10.0 Å². The maximum absolute atomic E-state index is 11.1. The van der Waals surface area contributed by atoms with Crippen LogP contribution in [-0.4, -0.2) is 33.6 Å². The van der Waals surface area contributed by atoms with Gasteiger partial charge in [-0.15, -0.1) is 0 Å². The van der Waals surface area contributed by atoms with Crippen LogP contribution >= 0.6 is 23.2 Å². The Labute approximate surface area is 136 Å². The Bertz CT molecular complexity index is 562. The molecule has 0 aliphatic rings. The fourth-order valence-electron chi connectivity index (χ4n) is 1.80. The fourth-order valence-corrected chi connectivity index (χ4v) is 3.03. The lowest BCUT2D eigenvalue weighted by Crippen LogP contribution is -2.15. The van der Waals surface area contributed by atoms with Crippen molar-refractivity contribution in [3.05, 3.63) is 27.7 Å². The number of nitrogens with one attached hydrogen (secondary N) is 1. The van der Waals surface area contributed by atoms with E-state index < -0.39 is 9.84 Å². The van der Waals surface area contributed by atoms with Crippen molar-refractivity contribution in [1.82, 2.24) is 5.32 Å². The lowest BCUT2D eigenvalue weighted by Gasteiger charge is -2.14. The molecule has 0 bridgehead atoms. The zero-order valence-electron chi connectivity index (χ0n) is 12.3. The third-order valence-corrected chi connectivity index (χ3v) is 4.26. The number of benzene rings is 1. The van der Waals surface area contributed by atoms with Gasteiger partial charge in [-0.1, -0.05) is 30.1 Å². The molecule has 0 aliphatic carbocycles. The van der Waals surface area contributed by atoms with Crippen LogP contribution in [0.5, 0.6) is 5.75 Å². The summed E-state index contributed by atoms with van der Waals surface area (Å²) >= 11 is 12.2. The first-order chi connectivity index (χ1) is 9.83. The van der Waals surface area contributed by atoms with Gasteiger partial charge in [0.2, 0.25) is 0 Å². The maximum atomic E-state index is 11.1. The van der Waals surface area contributed by atoms with E-state index >= 15 is 0 Å². The molecule has 0 fully saturated rings. The predicted molar refractivity (Wildman–Crippen MR) is 88.3 cm³/mol. The topological polar surface area (TPSA) is 55.4 Å². The highest BCUT2D eigenvalue weighted by Gasteiger charge is 2.11. The van der Waals surface area contributed by atoms with Gasteiger partial charge in [-0.25, -0.2) is 8.42 Å². The normalized spacial score (nSPS) is 11.6. The van der Waals surface area contributed by atoms with Gasteiger partial charge in [-0.3, -0.25) is 0 Å². The van der Waals surface area contributed by atoms with Gasteiger partial charge >= 0.3 is 0 Å². The van der Waals surface area contributed by atoms with E-state index in [0.717, 1.165) is 18.5 Å². The van der Waals surface area contributed by atoms with Gasteiger partial charge in [0, 0.05) is 23.4 Å². The van der Waals surface area contributed by atoms with E-state index in [0.29, 0.717) is 35.4 Å². The van der Waals surface area contributed by atoms with Crippen LogP contribution in [0.3, 0.4) is 0 Å². The average molecular weight is 354 g/mol. The summed E-state index contributed by atoms with van der Waals surface area (Å²) in [6.45, 7) is 3.88. The summed E-state index contributed by atoms with van der Waals surface area (Å²) < 4.78 is 27.8. The molecule has 0 saturated carbocycles. The Hall–Kier alpha value is -0.490. The highest BCUT2D eigenvalue weighted by atomic mass is 35.5. The van der Waals surface area contributed by atoms with Crippen molar-refractivity contribution in [2.24, 2.45) is 0 Å². The van der Waals surface area contributed by atoms with E-state index in [1.165, 1.54) is 6.26 Å². The average Bonchev–Trinajstić information content (AvgIpc) is 2.35. The molecule has 1 rings (SSSR count). The zero-order chi connectivity index (χ0) is 15.9. The molecule has 4 nitrogen and oxygen atoms in total. The maximum Gasteiger partial charge on any atom is 0.147 e. The molecule has 120 valence electrons. The van der Waals surface area contributed by atoms with Crippen molar-refractivity contribution >= 4 is 33.0 Å². The Morgan fingerprint density at radius 2 is 2.00 bits per heavy atom. The highest BCUT2D eigenvalue weighted by molar-refractivity contribution is 7.90. The number of sulfone groups is 1. The van der Waals surface area contributed by atoms with E-state index in [-0.39, 0.29) is 5.75 Å². The lowest BCUT2D eigenvalue weighted by molar-refractivity contribution is 0.314. The molecule has 1 N–H and O–H groups in total. The molecule has 0 aliphatic heterocycles. The van der Waals surface area contributed by atoms with Gasteiger partial charge in [-0.2, -0.15) is 0 Å². The monoisotopic (exact) mass is 353 g/mol. The molecule has 0 unspecified atom stereocenters. The van der Waals surface area contributed by atoms with E-state index in [4.69, 9.17) is 27.9 Å². The van der Waals surface area contributed by atoms with Gasteiger partial charge in [-0.05, 0) is 31.5 Å². The first-order valence-corrected chi connectivity index (χ1v) is 9.64. The van der Waals surface area contributed by atoms with Crippen LogP contribution in [0.15, 0.2) is 12.1 Å². The third kappa shape index (κ3) is 7.36. The molecule has 21 heavy (non-hydrogen) atoms. The minimum atomic E-state index is -2.97. The number of rotatable bonds is 9. The molecule has 7 heteroatoms. The van der Waals surface area contributed by atoms with Crippen molar-refractivity contribution in [3.8, 4) is 5.75 Å². The molecular formula is C14H21Cl2NO3S. The summed E-state index contributed by atoms with van der Waals surface area (Å²) in [5.41, 5.74) is 0.875. The van der Waals surface area contributed by atoms with E-state index in [1.807, 2.05) is 6.07 Å². The Kier molecular flexibility index (Phi) is 7.81. The van der Waals surface area contributed by atoms with E-state index in [9.17, 15) is 8.42 Å². The van der Waals surface area contributed by atoms with Gasteiger partial charge in [0.15, 0.2) is 0 Å². The SMILES string of the molecule is CCCNCc1cc(Cl)cc(Cl)c1OCCCS(C)(=O)=O. The Balaban J connectivity index is 2.70. The van der Waals surface area contributed by atoms with Gasteiger partial charge < -0.3 is 10.1 Å². The number of hydrogen-bond acceptors (Lipinski definition) is 4. The van der Waals surface area contributed by atoms with Crippen LogP contribution in [0.25, 0.3) is 0 Å². The van der Waals surface area contributed by atoms with Crippen molar-refractivity contribution in [3.63, 3.8) is 0 Å². The van der Waals surface area contributed by atoms with Crippen LogP contribution in [-0.2, 0) is 16.4 Å². The standard InChI is InChI=1S/C14H21Cl2NO3S/c1-3-5-17-10-11-8-12(15)9-13(16)14(11)20-6-4-7-21(2,18)19/h8-9,17H,3-7,10H2,1-2H3. The Morgan fingerprint density at radius 1 is 1.29 bits per heavy atom. The quantitative estimate of drug-likeness (QED) is 0.692. The Morgan fingerprint density at radius 3 is 2.62 bits per heavy atom. The van der Waals surface area contributed by atoms with Crippen molar-refractivity contribution in [2.75, 3.05) is 25.2 Å². The van der Waals surface area contributed by atoms with Crippen LogP contribution in [0.1, 0.15) is 25.3 Å². The summed E-state index contributed by atoms with van der Waals surface area (Å²) in [5.74, 6) is 0.667. The summed E-state index contributed by atoms with van der Waals surface area (Å²) in [7, 11) is -2.97. The fraction of sp³-hybridized carbons (Fsp3) is 0.571. The predicted octanol–water partition coefficient (Wildman–Crippen LogP) is 3.31.